The van der Waals surface area contributed by atoms with Crippen LogP contribution in [-0.2, 0) is 38.5 Å². The third-order valence-corrected chi connectivity index (χ3v) is 15.1. The summed E-state index contributed by atoms with van der Waals surface area (Å²) in [7, 11) is 0. The SMILES string of the molecule is CCc1c(-c2nnc(-c3ccncc3)o2)c(CC)c(-c2nnc(-c3ccncc3)o2)c(CC)c1-c1nnc(-c2ccncc2)o1.CCc1c(-c2nnc(-c3ccncc3)o2)c(CC)c(-c2nnc(-c3ccncc3)o2)c(CC)c1-c1nnc(-c2ccncc2)o1. The van der Waals surface area contributed by atoms with Crippen LogP contribution in [0, 0.1) is 0 Å². The molecule has 0 bridgehead atoms. The molecule has 0 aliphatic heterocycles. The van der Waals surface area contributed by atoms with E-state index in [4.69, 9.17) is 26.5 Å². The summed E-state index contributed by atoms with van der Waals surface area (Å²) in [5.74, 6) is 4.49. The van der Waals surface area contributed by atoms with Crippen molar-refractivity contribution >= 4 is 0 Å². The second-order valence-electron chi connectivity index (χ2n) is 20.1. The molecule has 90 heavy (non-hydrogen) atoms. The lowest BCUT2D eigenvalue weighted by Crippen LogP contribution is -2.07. The van der Waals surface area contributed by atoms with Crippen molar-refractivity contribution in [2.24, 2.45) is 0 Å². The molecule has 444 valence electrons. The summed E-state index contributed by atoms with van der Waals surface area (Å²) >= 11 is 0. The average Bonchev–Trinajstić information content (AvgIpc) is 1.71. The molecule has 24 nitrogen and oxygen atoms in total. The van der Waals surface area contributed by atoms with Gasteiger partial charge in [0.05, 0.1) is 0 Å². The zero-order chi connectivity index (χ0) is 61.5. The first-order chi connectivity index (χ1) is 44.4. The van der Waals surface area contributed by atoms with E-state index in [1.54, 1.807) is 74.4 Å². The van der Waals surface area contributed by atoms with Crippen LogP contribution in [0.1, 0.15) is 74.9 Å². The van der Waals surface area contributed by atoms with E-state index in [0.29, 0.717) is 109 Å². The summed E-state index contributed by atoms with van der Waals surface area (Å²) < 4.78 is 38.1. The number of hydrogen-bond donors (Lipinski definition) is 0. The fourth-order valence-electron chi connectivity index (χ4n) is 11.1. The number of aromatic nitrogens is 18. The van der Waals surface area contributed by atoms with Crippen molar-refractivity contribution in [2.75, 3.05) is 0 Å². The predicted octanol–water partition coefficient (Wildman–Crippen LogP) is 13.4. The van der Waals surface area contributed by atoms with Gasteiger partial charge in [-0.05, 0) is 145 Å². The van der Waals surface area contributed by atoms with Gasteiger partial charge < -0.3 is 26.5 Å². The third kappa shape index (κ3) is 11.0. The van der Waals surface area contributed by atoms with Crippen LogP contribution < -0.4 is 0 Å². The predicted molar refractivity (Wildman–Crippen MR) is 328 cm³/mol. The van der Waals surface area contributed by atoms with Crippen molar-refractivity contribution in [1.29, 1.82) is 0 Å². The highest BCUT2D eigenvalue weighted by molar-refractivity contribution is 5.89. The van der Waals surface area contributed by atoms with Crippen LogP contribution in [0.5, 0.6) is 0 Å². The summed E-state index contributed by atoms with van der Waals surface area (Å²) in [6, 6.07) is 21.9. The maximum Gasteiger partial charge on any atom is 0.248 e. The van der Waals surface area contributed by atoms with Crippen molar-refractivity contribution < 1.29 is 26.5 Å². The summed E-state index contributed by atoms with van der Waals surface area (Å²) in [4.78, 5) is 24.6. The molecule has 0 aliphatic rings. The number of hydrogen-bond acceptors (Lipinski definition) is 24. The summed E-state index contributed by atoms with van der Waals surface area (Å²) in [5, 5.41) is 53.5. The molecule has 2 aromatic carbocycles. The maximum absolute atomic E-state index is 6.35. The molecule has 0 radical (unpaired) electrons. The van der Waals surface area contributed by atoms with Crippen LogP contribution in [0.3, 0.4) is 0 Å². The normalized spacial score (nSPS) is 11.3. The number of benzene rings is 2. The van der Waals surface area contributed by atoms with Crippen LogP contribution in [0.25, 0.3) is 137 Å². The van der Waals surface area contributed by atoms with Gasteiger partial charge in [0.1, 0.15) is 0 Å². The third-order valence-electron chi connectivity index (χ3n) is 15.1. The van der Waals surface area contributed by atoms with E-state index >= 15 is 0 Å². The summed E-state index contributed by atoms with van der Waals surface area (Å²) in [5.41, 5.74) is 14.9. The van der Waals surface area contributed by atoms with Crippen molar-refractivity contribution in [3.05, 3.63) is 181 Å². The van der Waals surface area contributed by atoms with Gasteiger partial charge in [-0.1, -0.05) is 41.5 Å². The van der Waals surface area contributed by atoms with E-state index < -0.39 is 0 Å². The van der Waals surface area contributed by atoms with Gasteiger partial charge in [0.2, 0.25) is 70.7 Å². The van der Waals surface area contributed by atoms with Crippen molar-refractivity contribution in [1.82, 2.24) is 91.1 Å². The standard InChI is InChI=1S/2C33H27N9O3/c2*1-4-22-25(31-40-37-28(43-31)19-7-13-34-14-8-19)23(5-2)27(33-42-39-30(45-33)21-11-17-36-18-12-21)24(6-3)26(22)32-41-38-29(44-32)20-9-15-35-16-10-20/h2*7-18H,4-6H2,1-3H3. The minimum absolute atomic E-state index is 0.364. The molecular weight excluding hydrogens is 1140 g/mol. The van der Waals surface area contributed by atoms with E-state index in [9.17, 15) is 0 Å². The fraction of sp³-hybridized carbons (Fsp3) is 0.182. The second kappa shape index (κ2) is 25.6. The molecule has 0 spiro atoms. The van der Waals surface area contributed by atoms with Crippen molar-refractivity contribution in [2.45, 2.75) is 80.1 Å². The average molecular weight is 1200 g/mol. The Labute approximate surface area is 513 Å². The van der Waals surface area contributed by atoms with Gasteiger partial charge in [-0.2, -0.15) is 0 Å². The second-order valence-corrected chi connectivity index (χ2v) is 20.1. The van der Waals surface area contributed by atoms with Gasteiger partial charge >= 0.3 is 0 Å². The van der Waals surface area contributed by atoms with Crippen LogP contribution in [0.2, 0.25) is 0 Å². The van der Waals surface area contributed by atoms with Gasteiger partial charge in [-0.15, -0.1) is 61.2 Å². The van der Waals surface area contributed by atoms with Gasteiger partial charge in [0, 0.05) is 141 Å². The Morgan fingerprint density at radius 2 is 0.311 bits per heavy atom. The quantitative estimate of drug-likeness (QED) is 0.0770. The molecule has 0 aliphatic carbocycles. The van der Waals surface area contributed by atoms with Crippen LogP contribution in [-0.4, -0.2) is 91.1 Å². The van der Waals surface area contributed by atoms with E-state index in [2.05, 4.69) is 133 Å². The summed E-state index contributed by atoms with van der Waals surface area (Å²) in [6.45, 7) is 12.5. The molecule has 0 amide bonds. The molecule has 14 aromatic rings. The largest absolute Gasteiger partial charge is 0.416 e. The molecule has 0 saturated heterocycles. The molecule has 0 saturated carbocycles. The van der Waals surface area contributed by atoms with Gasteiger partial charge in [-0.3, -0.25) is 29.9 Å². The van der Waals surface area contributed by atoms with E-state index in [1.807, 2.05) is 72.8 Å². The molecule has 14 rings (SSSR count). The molecule has 0 atom stereocenters. The van der Waals surface area contributed by atoms with E-state index in [1.165, 1.54) is 0 Å². The highest BCUT2D eigenvalue weighted by Gasteiger charge is 2.34. The summed E-state index contributed by atoms with van der Waals surface area (Å²) in [6.07, 6.45) is 24.0. The lowest BCUT2D eigenvalue weighted by molar-refractivity contribution is 0.575. The Hall–Kier alpha value is -11.8. The first-order valence-electron chi connectivity index (χ1n) is 29.3. The molecule has 24 heteroatoms. The lowest BCUT2D eigenvalue weighted by Gasteiger charge is -2.21. The first kappa shape index (κ1) is 57.3. The zero-order valence-electron chi connectivity index (χ0n) is 49.6. The molecule has 0 fully saturated rings. The molecule has 12 aromatic heterocycles. The van der Waals surface area contributed by atoms with Crippen LogP contribution in [0.4, 0.5) is 0 Å². The first-order valence-corrected chi connectivity index (χ1v) is 29.3. The smallest absolute Gasteiger partial charge is 0.248 e. The van der Waals surface area contributed by atoms with Crippen LogP contribution >= 0.6 is 0 Å². The van der Waals surface area contributed by atoms with Gasteiger partial charge in [0.15, 0.2) is 0 Å². The van der Waals surface area contributed by atoms with E-state index in [-0.39, 0.29) is 0 Å². The Morgan fingerprint density at radius 1 is 0.189 bits per heavy atom. The Kier molecular flexibility index (Phi) is 16.3. The highest BCUT2D eigenvalue weighted by Crippen LogP contribution is 2.48. The Bertz CT molecular complexity index is 3930. The zero-order valence-corrected chi connectivity index (χ0v) is 49.6. The fourth-order valence-corrected chi connectivity index (χ4v) is 11.1. The van der Waals surface area contributed by atoms with Gasteiger partial charge in [-0.25, -0.2) is 0 Å². The topological polar surface area (TPSA) is 311 Å². The molecule has 0 unspecified atom stereocenters. The Morgan fingerprint density at radius 3 is 0.433 bits per heavy atom. The minimum Gasteiger partial charge on any atom is -0.416 e. The number of nitrogens with zero attached hydrogens (tertiary/aromatic N) is 18. The number of rotatable bonds is 18. The van der Waals surface area contributed by atoms with Crippen molar-refractivity contribution in [3.8, 4) is 137 Å². The van der Waals surface area contributed by atoms with Crippen molar-refractivity contribution in [3.63, 3.8) is 0 Å². The Balaban J connectivity index is 0.000000165. The highest BCUT2D eigenvalue weighted by atomic mass is 16.4. The molecular formula is C66H54N18O6. The van der Waals surface area contributed by atoms with E-state index in [0.717, 1.165) is 100 Å². The van der Waals surface area contributed by atoms with Gasteiger partial charge in [0.25, 0.3) is 0 Å². The monoisotopic (exact) mass is 1190 g/mol. The number of pyridine rings is 6. The lowest BCUT2D eigenvalue weighted by atomic mass is 9.83. The van der Waals surface area contributed by atoms with Crippen LogP contribution in [0.15, 0.2) is 174 Å². The molecule has 12 heterocycles. The minimum atomic E-state index is 0.364. The molecule has 0 N–H and O–H groups in total. The maximum atomic E-state index is 6.35.